The normalized spacial score (nSPS) is 11.6. The van der Waals surface area contributed by atoms with Crippen molar-refractivity contribution in [2.24, 2.45) is 0 Å². The summed E-state index contributed by atoms with van der Waals surface area (Å²) in [6.07, 6.45) is -0.0767. The van der Waals surface area contributed by atoms with E-state index in [-0.39, 0.29) is 5.56 Å². The number of carbonyl (C=O) groups is 2. The van der Waals surface area contributed by atoms with Gasteiger partial charge in [-0.05, 0) is 49.2 Å². The Morgan fingerprint density at radius 3 is 2.48 bits per heavy atom. The fraction of sp³-hybridized carbons (Fsp3) is 0.222. The molecule has 2 aromatic rings. The molecule has 1 N–H and O–H groups in total. The lowest BCUT2D eigenvalue weighted by molar-refractivity contribution is -0.123. The van der Waals surface area contributed by atoms with Gasteiger partial charge in [0.15, 0.2) is 6.10 Å². The quantitative estimate of drug-likeness (QED) is 0.858. The predicted molar refractivity (Wildman–Crippen MR) is 85.7 cm³/mol. The lowest BCUT2D eigenvalue weighted by Gasteiger charge is -2.13. The van der Waals surface area contributed by atoms with E-state index in [4.69, 9.17) is 4.74 Å². The standard InChI is InChI=1S/C18H18FNO3/c1-3-13-7-9-16(10-8-13)20-17(21)12(2)23-18(22)14-5-4-6-15(19)11-14/h4-12H,3H2,1-2H3,(H,20,21)/t12-/m1/s1. The summed E-state index contributed by atoms with van der Waals surface area (Å²) >= 11 is 0. The van der Waals surface area contributed by atoms with Crippen LogP contribution in [0.5, 0.6) is 0 Å². The molecule has 0 saturated heterocycles. The molecule has 1 atom stereocenters. The molecular weight excluding hydrogens is 297 g/mol. The maximum absolute atomic E-state index is 13.1. The van der Waals surface area contributed by atoms with Crippen LogP contribution in [-0.2, 0) is 16.0 Å². The van der Waals surface area contributed by atoms with Gasteiger partial charge in [0, 0.05) is 5.69 Å². The summed E-state index contributed by atoms with van der Waals surface area (Å²) < 4.78 is 18.1. The summed E-state index contributed by atoms with van der Waals surface area (Å²) in [5.41, 5.74) is 1.85. The van der Waals surface area contributed by atoms with Crippen molar-refractivity contribution < 1.29 is 18.7 Å². The molecule has 4 nitrogen and oxygen atoms in total. The number of hydrogen-bond acceptors (Lipinski definition) is 3. The molecule has 0 unspecified atom stereocenters. The van der Waals surface area contributed by atoms with Crippen LogP contribution < -0.4 is 5.32 Å². The van der Waals surface area contributed by atoms with E-state index in [1.165, 1.54) is 25.1 Å². The van der Waals surface area contributed by atoms with Crippen molar-refractivity contribution in [3.8, 4) is 0 Å². The molecule has 0 aliphatic carbocycles. The number of ether oxygens (including phenoxy) is 1. The van der Waals surface area contributed by atoms with E-state index >= 15 is 0 Å². The van der Waals surface area contributed by atoms with Crippen molar-refractivity contribution in [2.45, 2.75) is 26.4 Å². The Hall–Kier alpha value is -2.69. The average molecular weight is 315 g/mol. The van der Waals surface area contributed by atoms with Crippen molar-refractivity contribution in [1.29, 1.82) is 0 Å². The Kier molecular flexibility index (Phi) is 5.46. The lowest BCUT2D eigenvalue weighted by atomic mass is 10.1. The van der Waals surface area contributed by atoms with Crippen LogP contribution in [0.3, 0.4) is 0 Å². The van der Waals surface area contributed by atoms with E-state index < -0.39 is 23.8 Å². The van der Waals surface area contributed by atoms with Gasteiger partial charge in [0.1, 0.15) is 5.82 Å². The minimum absolute atomic E-state index is 0.0666. The van der Waals surface area contributed by atoms with Crippen molar-refractivity contribution in [1.82, 2.24) is 0 Å². The molecule has 0 radical (unpaired) electrons. The molecule has 0 fully saturated rings. The van der Waals surface area contributed by atoms with Crippen LogP contribution in [0.15, 0.2) is 48.5 Å². The van der Waals surface area contributed by atoms with Gasteiger partial charge in [-0.15, -0.1) is 0 Å². The minimum Gasteiger partial charge on any atom is -0.449 e. The third-order valence-corrected chi connectivity index (χ3v) is 3.34. The first-order valence-electron chi connectivity index (χ1n) is 7.36. The average Bonchev–Trinajstić information content (AvgIpc) is 2.55. The zero-order valence-corrected chi connectivity index (χ0v) is 13.0. The first-order chi connectivity index (χ1) is 11.0. The second-order valence-electron chi connectivity index (χ2n) is 5.10. The molecular formula is C18H18FNO3. The first-order valence-corrected chi connectivity index (χ1v) is 7.36. The van der Waals surface area contributed by atoms with Crippen LogP contribution in [0.1, 0.15) is 29.8 Å². The zero-order valence-electron chi connectivity index (χ0n) is 13.0. The van der Waals surface area contributed by atoms with Gasteiger partial charge in [0.2, 0.25) is 0 Å². The molecule has 2 aromatic carbocycles. The van der Waals surface area contributed by atoms with Gasteiger partial charge >= 0.3 is 5.97 Å². The minimum atomic E-state index is -0.989. The van der Waals surface area contributed by atoms with Gasteiger partial charge < -0.3 is 10.1 Å². The number of anilines is 1. The first kappa shape index (κ1) is 16.7. The molecule has 0 bridgehead atoms. The molecule has 0 aliphatic heterocycles. The van der Waals surface area contributed by atoms with Gasteiger partial charge in [0.25, 0.3) is 5.91 Å². The summed E-state index contributed by atoms with van der Waals surface area (Å²) in [5.74, 6) is -1.72. The Labute approximate surface area is 134 Å². The van der Waals surface area contributed by atoms with Crippen molar-refractivity contribution >= 4 is 17.6 Å². The van der Waals surface area contributed by atoms with Crippen LogP contribution in [0.4, 0.5) is 10.1 Å². The number of esters is 1. The number of carbonyl (C=O) groups excluding carboxylic acids is 2. The van der Waals surface area contributed by atoms with Gasteiger partial charge in [-0.1, -0.05) is 25.1 Å². The molecule has 5 heteroatoms. The molecule has 2 rings (SSSR count). The third kappa shape index (κ3) is 4.64. The molecule has 0 aliphatic rings. The summed E-state index contributed by atoms with van der Waals surface area (Å²) in [5, 5.41) is 2.67. The predicted octanol–water partition coefficient (Wildman–Crippen LogP) is 3.57. The molecule has 1 amide bonds. The Balaban J connectivity index is 1.95. The largest absolute Gasteiger partial charge is 0.449 e. The second-order valence-corrected chi connectivity index (χ2v) is 5.10. The number of aryl methyl sites for hydroxylation is 1. The molecule has 120 valence electrons. The van der Waals surface area contributed by atoms with Gasteiger partial charge in [-0.3, -0.25) is 4.79 Å². The zero-order chi connectivity index (χ0) is 16.8. The number of rotatable bonds is 5. The van der Waals surface area contributed by atoms with E-state index in [0.29, 0.717) is 5.69 Å². The maximum Gasteiger partial charge on any atom is 0.339 e. The molecule has 0 spiro atoms. The SMILES string of the molecule is CCc1ccc(NC(=O)[C@@H](C)OC(=O)c2cccc(F)c2)cc1. The van der Waals surface area contributed by atoms with Crippen molar-refractivity contribution in [2.75, 3.05) is 5.32 Å². The van der Waals surface area contributed by atoms with Crippen LogP contribution in [-0.4, -0.2) is 18.0 Å². The van der Waals surface area contributed by atoms with E-state index in [2.05, 4.69) is 5.32 Å². The fourth-order valence-electron chi connectivity index (χ4n) is 1.97. The Bertz CT molecular complexity index is 698. The highest BCUT2D eigenvalue weighted by molar-refractivity contribution is 5.97. The van der Waals surface area contributed by atoms with Crippen LogP contribution >= 0.6 is 0 Å². The maximum atomic E-state index is 13.1. The van der Waals surface area contributed by atoms with E-state index in [1.54, 1.807) is 12.1 Å². The summed E-state index contributed by atoms with van der Waals surface area (Å²) in [7, 11) is 0. The number of amides is 1. The van der Waals surface area contributed by atoms with Crippen molar-refractivity contribution in [3.63, 3.8) is 0 Å². The third-order valence-electron chi connectivity index (χ3n) is 3.34. The Morgan fingerprint density at radius 1 is 1.17 bits per heavy atom. The molecule has 23 heavy (non-hydrogen) atoms. The number of benzene rings is 2. The second kappa shape index (κ2) is 7.54. The van der Waals surface area contributed by atoms with Gasteiger partial charge in [0.05, 0.1) is 5.56 Å². The van der Waals surface area contributed by atoms with E-state index in [9.17, 15) is 14.0 Å². The van der Waals surface area contributed by atoms with Gasteiger partial charge in [-0.2, -0.15) is 0 Å². The van der Waals surface area contributed by atoms with Crippen molar-refractivity contribution in [3.05, 3.63) is 65.5 Å². The molecule has 0 aromatic heterocycles. The highest BCUT2D eigenvalue weighted by atomic mass is 19.1. The van der Waals surface area contributed by atoms with Crippen LogP contribution in [0.25, 0.3) is 0 Å². The fourth-order valence-corrected chi connectivity index (χ4v) is 1.97. The number of hydrogen-bond donors (Lipinski definition) is 1. The lowest BCUT2D eigenvalue weighted by Crippen LogP contribution is -2.30. The molecule has 0 heterocycles. The highest BCUT2D eigenvalue weighted by Crippen LogP contribution is 2.12. The number of halogens is 1. The summed E-state index contributed by atoms with van der Waals surface area (Å²) in [4.78, 5) is 23.9. The molecule has 0 saturated carbocycles. The Morgan fingerprint density at radius 2 is 1.87 bits per heavy atom. The summed E-state index contributed by atoms with van der Waals surface area (Å²) in [6, 6.07) is 12.5. The highest BCUT2D eigenvalue weighted by Gasteiger charge is 2.19. The summed E-state index contributed by atoms with van der Waals surface area (Å²) in [6.45, 7) is 3.51. The topological polar surface area (TPSA) is 55.4 Å². The smallest absolute Gasteiger partial charge is 0.339 e. The van der Waals surface area contributed by atoms with E-state index in [1.807, 2.05) is 19.1 Å². The number of nitrogens with one attached hydrogen (secondary N) is 1. The monoisotopic (exact) mass is 315 g/mol. The van der Waals surface area contributed by atoms with E-state index in [0.717, 1.165) is 18.1 Å². The van der Waals surface area contributed by atoms with Crippen LogP contribution in [0.2, 0.25) is 0 Å². The van der Waals surface area contributed by atoms with Gasteiger partial charge in [-0.25, -0.2) is 9.18 Å². The van der Waals surface area contributed by atoms with Crippen LogP contribution in [0, 0.1) is 5.82 Å².